The molecule has 0 aliphatic rings. The lowest BCUT2D eigenvalue weighted by molar-refractivity contribution is 0.295. The number of sulfone groups is 1. The Hall–Kier alpha value is -1.65. The van der Waals surface area contributed by atoms with Gasteiger partial charge in [0.25, 0.3) is 0 Å². The number of benzene rings is 2. The Morgan fingerprint density at radius 3 is 2.00 bits per heavy atom. The Morgan fingerprint density at radius 2 is 1.42 bits per heavy atom. The average Bonchev–Trinajstić information content (AvgIpc) is 2.46. The standard InChI is InChI=1S/C15H16O3S/c16-11-4-12-19(17,18)15-9-7-14(8-10-15)13-5-2-1-3-6-13/h1-3,5-10,16H,4,11-12H2. The van der Waals surface area contributed by atoms with Crippen LogP contribution >= 0.6 is 0 Å². The zero-order valence-electron chi connectivity index (χ0n) is 10.5. The maximum atomic E-state index is 11.9. The third-order valence-corrected chi connectivity index (χ3v) is 4.71. The van der Waals surface area contributed by atoms with E-state index in [1.807, 2.05) is 30.3 Å². The first-order chi connectivity index (χ1) is 9.13. The Kier molecular flexibility index (Phi) is 4.35. The van der Waals surface area contributed by atoms with Gasteiger partial charge in [-0.05, 0) is 29.7 Å². The predicted molar refractivity (Wildman–Crippen MR) is 75.6 cm³/mol. The summed E-state index contributed by atoms with van der Waals surface area (Å²) in [5.41, 5.74) is 2.04. The van der Waals surface area contributed by atoms with Gasteiger partial charge in [0.2, 0.25) is 0 Å². The predicted octanol–water partition coefficient (Wildman–Crippen LogP) is 2.51. The van der Waals surface area contributed by atoms with Gasteiger partial charge in [0.15, 0.2) is 9.84 Å². The molecular weight excluding hydrogens is 260 g/mol. The molecule has 0 saturated carbocycles. The highest BCUT2D eigenvalue weighted by molar-refractivity contribution is 7.91. The van der Waals surface area contributed by atoms with Crippen molar-refractivity contribution in [1.29, 1.82) is 0 Å². The number of aliphatic hydroxyl groups excluding tert-OH is 1. The zero-order valence-corrected chi connectivity index (χ0v) is 11.3. The lowest BCUT2D eigenvalue weighted by Crippen LogP contribution is -2.08. The van der Waals surface area contributed by atoms with Crippen LogP contribution in [0.3, 0.4) is 0 Å². The molecule has 0 saturated heterocycles. The van der Waals surface area contributed by atoms with E-state index in [4.69, 9.17) is 5.11 Å². The van der Waals surface area contributed by atoms with Crippen molar-refractivity contribution < 1.29 is 13.5 Å². The molecule has 0 amide bonds. The van der Waals surface area contributed by atoms with Crippen molar-refractivity contribution >= 4 is 9.84 Å². The molecule has 0 aliphatic carbocycles. The van der Waals surface area contributed by atoms with Crippen molar-refractivity contribution in [2.75, 3.05) is 12.4 Å². The third kappa shape index (κ3) is 3.43. The number of rotatable bonds is 5. The van der Waals surface area contributed by atoms with Gasteiger partial charge >= 0.3 is 0 Å². The summed E-state index contributed by atoms with van der Waals surface area (Å²) in [6.07, 6.45) is 0.267. The molecule has 0 bridgehead atoms. The first kappa shape index (κ1) is 13.8. The van der Waals surface area contributed by atoms with Crippen molar-refractivity contribution in [3.05, 3.63) is 54.6 Å². The van der Waals surface area contributed by atoms with Crippen LogP contribution in [0, 0.1) is 0 Å². The number of hydrogen-bond acceptors (Lipinski definition) is 3. The number of hydrogen-bond donors (Lipinski definition) is 1. The Labute approximate surface area is 113 Å². The van der Waals surface area contributed by atoms with E-state index in [0.29, 0.717) is 4.90 Å². The van der Waals surface area contributed by atoms with Crippen LogP contribution in [0.15, 0.2) is 59.5 Å². The van der Waals surface area contributed by atoms with Crippen LogP contribution in [0.1, 0.15) is 6.42 Å². The minimum atomic E-state index is -3.28. The van der Waals surface area contributed by atoms with Crippen molar-refractivity contribution in [2.45, 2.75) is 11.3 Å². The van der Waals surface area contributed by atoms with Crippen LogP contribution in [0.2, 0.25) is 0 Å². The summed E-state index contributed by atoms with van der Waals surface area (Å²) in [5.74, 6) is -0.0197. The average molecular weight is 276 g/mol. The smallest absolute Gasteiger partial charge is 0.178 e. The van der Waals surface area contributed by atoms with Gasteiger partial charge < -0.3 is 5.11 Å². The van der Waals surface area contributed by atoms with Crippen LogP contribution in [0.4, 0.5) is 0 Å². The molecule has 2 aromatic rings. The van der Waals surface area contributed by atoms with E-state index >= 15 is 0 Å². The van der Waals surface area contributed by atoms with Gasteiger partial charge in [-0.1, -0.05) is 42.5 Å². The molecule has 0 radical (unpaired) electrons. The Balaban J connectivity index is 2.24. The van der Waals surface area contributed by atoms with E-state index in [0.717, 1.165) is 11.1 Å². The monoisotopic (exact) mass is 276 g/mol. The fourth-order valence-corrected chi connectivity index (χ4v) is 3.15. The SMILES string of the molecule is O=S(=O)(CCCO)c1ccc(-c2ccccc2)cc1. The minimum absolute atomic E-state index is 0.0197. The molecule has 0 heterocycles. The maximum absolute atomic E-state index is 11.9. The Bertz CT molecular complexity index is 616. The lowest BCUT2D eigenvalue weighted by Gasteiger charge is -2.05. The van der Waals surface area contributed by atoms with E-state index in [1.54, 1.807) is 24.3 Å². The molecule has 19 heavy (non-hydrogen) atoms. The second-order valence-electron chi connectivity index (χ2n) is 4.29. The van der Waals surface area contributed by atoms with E-state index in [1.165, 1.54) is 0 Å². The topological polar surface area (TPSA) is 54.4 Å². The summed E-state index contributed by atoms with van der Waals surface area (Å²) in [5, 5.41) is 8.70. The van der Waals surface area contributed by atoms with E-state index in [9.17, 15) is 8.42 Å². The summed E-state index contributed by atoms with van der Waals surface area (Å²) in [4.78, 5) is 0.306. The maximum Gasteiger partial charge on any atom is 0.178 e. The fourth-order valence-electron chi connectivity index (χ4n) is 1.86. The van der Waals surface area contributed by atoms with E-state index < -0.39 is 9.84 Å². The van der Waals surface area contributed by atoms with Gasteiger partial charge in [0.1, 0.15) is 0 Å². The van der Waals surface area contributed by atoms with Gasteiger partial charge in [-0.3, -0.25) is 0 Å². The Morgan fingerprint density at radius 1 is 0.842 bits per heavy atom. The quantitative estimate of drug-likeness (QED) is 0.913. The second-order valence-corrected chi connectivity index (χ2v) is 6.40. The molecule has 2 aromatic carbocycles. The molecule has 0 aromatic heterocycles. The van der Waals surface area contributed by atoms with Crippen molar-refractivity contribution in [3.8, 4) is 11.1 Å². The van der Waals surface area contributed by atoms with Crippen molar-refractivity contribution in [1.82, 2.24) is 0 Å². The first-order valence-electron chi connectivity index (χ1n) is 6.12. The van der Waals surface area contributed by atoms with Gasteiger partial charge in [-0.25, -0.2) is 8.42 Å². The summed E-state index contributed by atoms with van der Waals surface area (Å²) < 4.78 is 23.9. The summed E-state index contributed by atoms with van der Waals surface area (Å²) >= 11 is 0. The molecule has 3 nitrogen and oxygen atoms in total. The van der Waals surface area contributed by atoms with Crippen LogP contribution in [-0.4, -0.2) is 25.9 Å². The summed E-state index contributed by atoms with van der Waals surface area (Å²) in [6.45, 7) is -0.110. The normalized spacial score (nSPS) is 11.4. The molecule has 0 spiro atoms. The molecule has 0 fully saturated rings. The summed E-state index contributed by atoms with van der Waals surface area (Å²) in [7, 11) is -3.28. The highest BCUT2D eigenvalue weighted by Gasteiger charge is 2.13. The molecule has 100 valence electrons. The largest absolute Gasteiger partial charge is 0.396 e. The van der Waals surface area contributed by atoms with Crippen LogP contribution in [0.5, 0.6) is 0 Å². The highest BCUT2D eigenvalue weighted by Crippen LogP contribution is 2.21. The van der Waals surface area contributed by atoms with E-state index in [2.05, 4.69) is 0 Å². The zero-order chi connectivity index (χ0) is 13.7. The van der Waals surface area contributed by atoms with Crippen molar-refractivity contribution in [2.24, 2.45) is 0 Å². The van der Waals surface area contributed by atoms with Crippen molar-refractivity contribution in [3.63, 3.8) is 0 Å². The van der Waals surface area contributed by atoms with Crippen LogP contribution in [0.25, 0.3) is 11.1 Å². The van der Waals surface area contributed by atoms with Crippen LogP contribution in [-0.2, 0) is 9.84 Å². The van der Waals surface area contributed by atoms with E-state index in [-0.39, 0.29) is 18.8 Å². The molecule has 4 heteroatoms. The minimum Gasteiger partial charge on any atom is -0.396 e. The molecule has 0 aliphatic heterocycles. The summed E-state index contributed by atoms with van der Waals surface area (Å²) in [6, 6.07) is 16.6. The molecule has 1 N–H and O–H groups in total. The molecule has 0 unspecified atom stereocenters. The highest BCUT2D eigenvalue weighted by atomic mass is 32.2. The molecular formula is C15H16O3S. The fraction of sp³-hybridized carbons (Fsp3) is 0.200. The van der Waals surface area contributed by atoms with Gasteiger partial charge in [0.05, 0.1) is 10.6 Å². The van der Waals surface area contributed by atoms with Crippen LogP contribution < -0.4 is 0 Å². The van der Waals surface area contributed by atoms with Gasteiger partial charge in [0, 0.05) is 6.61 Å². The number of aliphatic hydroxyl groups is 1. The third-order valence-electron chi connectivity index (χ3n) is 2.89. The van der Waals surface area contributed by atoms with Gasteiger partial charge in [-0.2, -0.15) is 0 Å². The van der Waals surface area contributed by atoms with Gasteiger partial charge in [-0.15, -0.1) is 0 Å². The molecule has 0 atom stereocenters. The first-order valence-corrected chi connectivity index (χ1v) is 7.78. The second kappa shape index (κ2) is 5.99. The molecule has 2 rings (SSSR count). The lowest BCUT2D eigenvalue weighted by atomic mass is 10.1.